The Morgan fingerprint density at radius 3 is 2.81 bits per heavy atom. The summed E-state index contributed by atoms with van der Waals surface area (Å²) in [5.41, 5.74) is 3.62. The SMILES string of the molecule is CCn1nc(C)cc1-c1ccccc1C=O. The van der Waals surface area contributed by atoms with Crippen molar-refractivity contribution < 1.29 is 4.79 Å². The van der Waals surface area contributed by atoms with E-state index in [2.05, 4.69) is 5.10 Å². The van der Waals surface area contributed by atoms with E-state index < -0.39 is 0 Å². The van der Waals surface area contributed by atoms with Gasteiger partial charge in [-0.1, -0.05) is 24.3 Å². The lowest BCUT2D eigenvalue weighted by Gasteiger charge is -2.06. The second-order valence-electron chi connectivity index (χ2n) is 3.69. The Bertz CT molecular complexity index is 514. The third-order valence-electron chi connectivity index (χ3n) is 2.57. The van der Waals surface area contributed by atoms with Crippen LogP contribution in [0.3, 0.4) is 0 Å². The molecule has 0 fully saturated rings. The molecule has 82 valence electrons. The summed E-state index contributed by atoms with van der Waals surface area (Å²) < 4.78 is 1.91. The van der Waals surface area contributed by atoms with E-state index in [-0.39, 0.29) is 0 Å². The normalized spacial score (nSPS) is 10.4. The Kier molecular flexibility index (Phi) is 2.86. The van der Waals surface area contributed by atoms with Crippen LogP contribution in [0.1, 0.15) is 23.0 Å². The van der Waals surface area contributed by atoms with E-state index in [1.54, 1.807) is 0 Å². The van der Waals surface area contributed by atoms with Gasteiger partial charge in [-0.25, -0.2) is 0 Å². The van der Waals surface area contributed by atoms with Gasteiger partial charge in [0.05, 0.1) is 11.4 Å². The zero-order valence-corrected chi connectivity index (χ0v) is 9.47. The van der Waals surface area contributed by atoms with Crippen molar-refractivity contribution in [1.82, 2.24) is 9.78 Å². The number of aldehydes is 1. The lowest BCUT2D eigenvalue weighted by molar-refractivity contribution is 0.112. The number of carbonyl (C=O) groups is 1. The standard InChI is InChI=1S/C13H14N2O/c1-3-15-13(8-10(2)14-15)12-7-5-4-6-11(12)9-16/h4-9H,3H2,1-2H3. The Labute approximate surface area is 94.7 Å². The fourth-order valence-electron chi connectivity index (χ4n) is 1.84. The van der Waals surface area contributed by atoms with Gasteiger partial charge >= 0.3 is 0 Å². The Hall–Kier alpha value is -1.90. The van der Waals surface area contributed by atoms with Crippen LogP contribution in [0.4, 0.5) is 0 Å². The van der Waals surface area contributed by atoms with E-state index in [0.29, 0.717) is 5.56 Å². The van der Waals surface area contributed by atoms with Crippen LogP contribution in [0.5, 0.6) is 0 Å². The van der Waals surface area contributed by atoms with Crippen LogP contribution in [0, 0.1) is 6.92 Å². The molecule has 0 unspecified atom stereocenters. The summed E-state index contributed by atoms with van der Waals surface area (Å²) in [5, 5.41) is 4.38. The van der Waals surface area contributed by atoms with E-state index in [0.717, 1.165) is 29.8 Å². The zero-order valence-electron chi connectivity index (χ0n) is 9.47. The lowest BCUT2D eigenvalue weighted by Crippen LogP contribution is -2.00. The molecule has 16 heavy (non-hydrogen) atoms. The number of aryl methyl sites for hydroxylation is 2. The van der Waals surface area contributed by atoms with Gasteiger partial charge in [-0.3, -0.25) is 9.48 Å². The Morgan fingerprint density at radius 2 is 2.12 bits per heavy atom. The molecule has 2 aromatic rings. The predicted molar refractivity (Wildman–Crippen MR) is 63.5 cm³/mol. The summed E-state index contributed by atoms with van der Waals surface area (Å²) in [6.45, 7) is 4.80. The average molecular weight is 214 g/mol. The number of carbonyl (C=O) groups excluding carboxylic acids is 1. The molecule has 0 N–H and O–H groups in total. The number of hydrogen-bond acceptors (Lipinski definition) is 2. The maximum absolute atomic E-state index is 11.0. The molecule has 0 atom stereocenters. The van der Waals surface area contributed by atoms with Crippen molar-refractivity contribution in [3.05, 3.63) is 41.6 Å². The molecular weight excluding hydrogens is 200 g/mol. The fraction of sp³-hybridized carbons (Fsp3) is 0.231. The maximum Gasteiger partial charge on any atom is 0.150 e. The predicted octanol–water partition coefficient (Wildman–Crippen LogP) is 2.69. The van der Waals surface area contributed by atoms with Crippen molar-refractivity contribution in [2.45, 2.75) is 20.4 Å². The summed E-state index contributed by atoms with van der Waals surface area (Å²) in [4.78, 5) is 11.0. The molecule has 0 spiro atoms. The average Bonchev–Trinajstić information content (AvgIpc) is 2.70. The second kappa shape index (κ2) is 4.31. The first kappa shape index (κ1) is 10.6. The fourth-order valence-corrected chi connectivity index (χ4v) is 1.84. The van der Waals surface area contributed by atoms with E-state index in [9.17, 15) is 4.79 Å². The van der Waals surface area contributed by atoms with Gasteiger partial charge < -0.3 is 0 Å². The summed E-state index contributed by atoms with van der Waals surface area (Å²) in [6.07, 6.45) is 0.887. The smallest absolute Gasteiger partial charge is 0.150 e. The summed E-state index contributed by atoms with van der Waals surface area (Å²) in [5.74, 6) is 0. The van der Waals surface area contributed by atoms with Gasteiger partial charge in [0.15, 0.2) is 6.29 Å². The molecule has 0 amide bonds. The van der Waals surface area contributed by atoms with Crippen molar-refractivity contribution in [3.8, 4) is 11.3 Å². The van der Waals surface area contributed by atoms with Crippen molar-refractivity contribution in [1.29, 1.82) is 0 Å². The van der Waals surface area contributed by atoms with Crippen molar-refractivity contribution in [2.75, 3.05) is 0 Å². The first-order chi connectivity index (χ1) is 7.76. The summed E-state index contributed by atoms with van der Waals surface area (Å²) >= 11 is 0. The highest BCUT2D eigenvalue weighted by atomic mass is 16.1. The van der Waals surface area contributed by atoms with Crippen molar-refractivity contribution >= 4 is 6.29 Å². The van der Waals surface area contributed by atoms with Gasteiger partial charge in [0.1, 0.15) is 0 Å². The van der Waals surface area contributed by atoms with Crippen LogP contribution in [-0.2, 0) is 6.54 Å². The first-order valence-electron chi connectivity index (χ1n) is 5.35. The van der Waals surface area contributed by atoms with E-state index in [4.69, 9.17) is 0 Å². The summed E-state index contributed by atoms with van der Waals surface area (Å²) in [7, 11) is 0. The molecule has 1 aromatic heterocycles. The van der Waals surface area contributed by atoms with Crippen molar-refractivity contribution in [3.63, 3.8) is 0 Å². The van der Waals surface area contributed by atoms with Gasteiger partial charge in [-0.15, -0.1) is 0 Å². The van der Waals surface area contributed by atoms with Gasteiger partial charge in [-0.05, 0) is 19.9 Å². The van der Waals surface area contributed by atoms with Gasteiger partial charge in [0.25, 0.3) is 0 Å². The highest BCUT2D eigenvalue weighted by Crippen LogP contribution is 2.23. The molecule has 0 aliphatic rings. The molecule has 2 rings (SSSR count). The topological polar surface area (TPSA) is 34.9 Å². The molecule has 0 saturated carbocycles. The van der Waals surface area contributed by atoms with Gasteiger partial charge in [0.2, 0.25) is 0 Å². The third-order valence-corrected chi connectivity index (χ3v) is 2.57. The van der Waals surface area contributed by atoms with Gasteiger partial charge in [-0.2, -0.15) is 5.10 Å². The first-order valence-corrected chi connectivity index (χ1v) is 5.35. The van der Waals surface area contributed by atoms with Crippen LogP contribution in [-0.4, -0.2) is 16.1 Å². The van der Waals surface area contributed by atoms with Gasteiger partial charge in [0, 0.05) is 17.7 Å². The molecule has 0 aliphatic carbocycles. The zero-order chi connectivity index (χ0) is 11.5. The number of aromatic nitrogens is 2. The van der Waals surface area contributed by atoms with Crippen LogP contribution in [0.2, 0.25) is 0 Å². The minimum atomic E-state index is 0.706. The highest BCUT2D eigenvalue weighted by Gasteiger charge is 2.09. The number of hydrogen-bond donors (Lipinski definition) is 0. The molecule has 3 nitrogen and oxygen atoms in total. The van der Waals surface area contributed by atoms with Crippen LogP contribution >= 0.6 is 0 Å². The maximum atomic E-state index is 11.0. The minimum Gasteiger partial charge on any atom is -0.298 e. The Morgan fingerprint density at radius 1 is 1.38 bits per heavy atom. The third kappa shape index (κ3) is 1.76. The lowest BCUT2D eigenvalue weighted by atomic mass is 10.1. The molecule has 3 heteroatoms. The Balaban J connectivity index is 2.61. The molecule has 0 radical (unpaired) electrons. The quantitative estimate of drug-likeness (QED) is 0.736. The van der Waals surface area contributed by atoms with E-state index >= 15 is 0 Å². The second-order valence-corrected chi connectivity index (χ2v) is 3.69. The molecular formula is C13H14N2O. The van der Waals surface area contributed by atoms with Crippen LogP contribution in [0.25, 0.3) is 11.3 Å². The molecule has 0 aliphatic heterocycles. The van der Waals surface area contributed by atoms with E-state index in [1.807, 2.05) is 48.9 Å². The summed E-state index contributed by atoms with van der Waals surface area (Å²) in [6, 6.07) is 9.58. The molecule has 1 heterocycles. The molecule has 1 aromatic carbocycles. The molecule has 0 saturated heterocycles. The van der Waals surface area contributed by atoms with Crippen LogP contribution in [0.15, 0.2) is 30.3 Å². The number of nitrogens with zero attached hydrogens (tertiary/aromatic N) is 2. The van der Waals surface area contributed by atoms with Crippen LogP contribution < -0.4 is 0 Å². The highest BCUT2D eigenvalue weighted by molar-refractivity contribution is 5.86. The monoisotopic (exact) mass is 214 g/mol. The van der Waals surface area contributed by atoms with Crippen molar-refractivity contribution in [2.24, 2.45) is 0 Å². The number of rotatable bonds is 3. The van der Waals surface area contributed by atoms with E-state index in [1.165, 1.54) is 0 Å². The largest absolute Gasteiger partial charge is 0.298 e. The molecule has 0 bridgehead atoms. The number of benzene rings is 1. The minimum absolute atomic E-state index is 0.706.